The Morgan fingerprint density at radius 3 is 2.78 bits per heavy atom. The molecule has 1 amide bonds. The van der Waals surface area contributed by atoms with Crippen LogP contribution >= 0.6 is 0 Å². The van der Waals surface area contributed by atoms with E-state index in [1.165, 1.54) is 0 Å². The Kier molecular flexibility index (Phi) is 5.68. The van der Waals surface area contributed by atoms with Crippen molar-refractivity contribution in [3.05, 3.63) is 84.4 Å². The number of carbonyl (C=O) groups is 1. The number of amides is 1. The average Bonchev–Trinajstić information content (AvgIpc) is 3.52. The molecule has 1 fully saturated rings. The van der Waals surface area contributed by atoms with Gasteiger partial charge in [0.2, 0.25) is 5.91 Å². The fraction of sp³-hybridized carbons (Fsp3) is 0.276. The number of anilines is 1. The quantitative estimate of drug-likeness (QED) is 0.306. The summed E-state index contributed by atoms with van der Waals surface area (Å²) in [6, 6.07) is 20.4. The van der Waals surface area contributed by atoms with Gasteiger partial charge in [0.15, 0.2) is 0 Å². The van der Waals surface area contributed by atoms with Gasteiger partial charge < -0.3 is 16.0 Å². The number of nitrogens with two attached hydrogens (primary N) is 1. The van der Waals surface area contributed by atoms with Crippen LogP contribution in [-0.4, -0.2) is 25.3 Å². The van der Waals surface area contributed by atoms with E-state index in [2.05, 4.69) is 50.0 Å². The van der Waals surface area contributed by atoms with Gasteiger partial charge in [0, 0.05) is 35.1 Å². The SMILES string of the molecule is C[C@H](NC(=O)[C@H]1CCC[C@H](c2nc(-c3cc4ccccc4[nH]3)c3c(N)nccn23)C1)c1ccccc1. The van der Waals surface area contributed by atoms with Crippen LogP contribution in [0.15, 0.2) is 73.1 Å². The summed E-state index contributed by atoms with van der Waals surface area (Å²) in [7, 11) is 0. The van der Waals surface area contributed by atoms with E-state index >= 15 is 0 Å². The Morgan fingerprint density at radius 1 is 1.14 bits per heavy atom. The van der Waals surface area contributed by atoms with Gasteiger partial charge in [-0.3, -0.25) is 9.20 Å². The number of nitrogen functional groups attached to an aromatic ring is 1. The molecule has 3 heterocycles. The van der Waals surface area contributed by atoms with Crippen LogP contribution in [0, 0.1) is 5.92 Å². The number of nitrogens with zero attached hydrogens (tertiary/aromatic N) is 3. The van der Waals surface area contributed by atoms with Crippen molar-refractivity contribution in [2.45, 2.75) is 44.6 Å². The lowest BCUT2D eigenvalue weighted by Crippen LogP contribution is -2.35. The number of aromatic amines is 1. The number of H-pyrrole nitrogens is 1. The highest BCUT2D eigenvalue weighted by molar-refractivity contribution is 5.91. The minimum absolute atomic E-state index is 0.0224. The minimum atomic E-state index is -0.0435. The summed E-state index contributed by atoms with van der Waals surface area (Å²) in [5.41, 5.74) is 11.1. The molecule has 7 nitrogen and oxygen atoms in total. The molecule has 1 aliphatic carbocycles. The van der Waals surface area contributed by atoms with Crippen LogP contribution in [0.4, 0.5) is 5.82 Å². The zero-order valence-electron chi connectivity index (χ0n) is 20.3. The predicted molar refractivity (Wildman–Crippen MR) is 142 cm³/mol. The number of imidazole rings is 1. The van der Waals surface area contributed by atoms with Gasteiger partial charge in [0.25, 0.3) is 0 Å². The maximum Gasteiger partial charge on any atom is 0.223 e. The number of fused-ring (bicyclic) bond motifs is 2. The smallest absolute Gasteiger partial charge is 0.223 e. The van der Waals surface area contributed by atoms with E-state index in [1.54, 1.807) is 6.20 Å². The van der Waals surface area contributed by atoms with Gasteiger partial charge in [0.05, 0.1) is 11.7 Å². The molecule has 1 aliphatic rings. The van der Waals surface area contributed by atoms with Crippen molar-refractivity contribution in [1.29, 1.82) is 0 Å². The summed E-state index contributed by atoms with van der Waals surface area (Å²) in [4.78, 5) is 26.2. The molecule has 0 saturated heterocycles. The number of nitrogens with one attached hydrogen (secondary N) is 2. The minimum Gasteiger partial charge on any atom is -0.382 e. The predicted octanol–water partition coefficient (Wildman–Crippen LogP) is 5.61. The number of benzene rings is 2. The lowest BCUT2D eigenvalue weighted by Gasteiger charge is -2.29. The maximum absolute atomic E-state index is 13.2. The van der Waals surface area contributed by atoms with Crippen molar-refractivity contribution in [2.24, 2.45) is 5.92 Å². The Hall–Kier alpha value is -4.13. The fourth-order valence-electron chi connectivity index (χ4n) is 5.58. The van der Waals surface area contributed by atoms with Crippen molar-refractivity contribution in [3.63, 3.8) is 0 Å². The third kappa shape index (κ3) is 4.00. The van der Waals surface area contributed by atoms with Gasteiger partial charge in [0.1, 0.15) is 22.9 Å². The van der Waals surface area contributed by atoms with Crippen molar-refractivity contribution in [1.82, 2.24) is 24.7 Å². The molecule has 7 heteroatoms. The third-order valence-electron chi connectivity index (χ3n) is 7.46. The van der Waals surface area contributed by atoms with Crippen LogP contribution in [0.2, 0.25) is 0 Å². The molecule has 4 N–H and O–H groups in total. The summed E-state index contributed by atoms with van der Waals surface area (Å²) in [5.74, 6) is 1.63. The Labute approximate surface area is 209 Å². The first-order valence-corrected chi connectivity index (χ1v) is 12.6. The van der Waals surface area contributed by atoms with Crippen molar-refractivity contribution < 1.29 is 4.79 Å². The molecule has 1 saturated carbocycles. The second-order valence-corrected chi connectivity index (χ2v) is 9.82. The molecule has 6 rings (SSSR count). The normalized spacial score (nSPS) is 18.9. The van der Waals surface area contributed by atoms with Crippen molar-refractivity contribution in [3.8, 4) is 11.4 Å². The topological polar surface area (TPSA) is 101 Å². The lowest BCUT2D eigenvalue weighted by molar-refractivity contribution is -0.126. The molecular weight excluding hydrogens is 448 g/mol. The van der Waals surface area contributed by atoms with Crippen LogP contribution in [-0.2, 0) is 4.79 Å². The summed E-state index contributed by atoms with van der Waals surface area (Å²) in [6.45, 7) is 2.04. The Morgan fingerprint density at radius 2 is 1.94 bits per heavy atom. The van der Waals surface area contributed by atoms with Gasteiger partial charge >= 0.3 is 0 Å². The molecule has 0 spiro atoms. The number of hydrogen-bond donors (Lipinski definition) is 3. The second-order valence-electron chi connectivity index (χ2n) is 9.82. The van der Waals surface area contributed by atoms with Gasteiger partial charge in [-0.1, -0.05) is 55.0 Å². The number of para-hydroxylation sites is 1. The van der Waals surface area contributed by atoms with E-state index in [4.69, 9.17) is 10.7 Å². The first-order valence-electron chi connectivity index (χ1n) is 12.6. The van der Waals surface area contributed by atoms with Gasteiger partial charge in [-0.05, 0) is 43.9 Å². The highest BCUT2D eigenvalue weighted by atomic mass is 16.1. The van der Waals surface area contributed by atoms with Crippen LogP contribution < -0.4 is 11.1 Å². The maximum atomic E-state index is 13.2. The molecule has 5 aromatic rings. The summed E-state index contributed by atoms with van der Waals surface area (Å²) < 4.78 is 2.07. The Bertz CT molecular complexity index is 1500. The van der Waals surface area contributed by atoms with Crippen molar-refractivity contribution >= 4 is 28.1 Å². The van der Waals surface area contributed by atoms with Gasteiger partial charge in [-0.15, -0.1) is 0 Å². The summed E-state index contributed by atoms with van der Waals surface area (Å²) in [5, 5.41) is 4.35. The van der Waals surface area contributed by atoms with E-state index in [1.807, 2.05) is 43.5 Å². The van der Waals surface area contributed by atoms with Crippen LogP contribution in [0.1, 0.15) is 56.0 Å². The molecule has 2 aromatic carbocycles. The standard InChI is InChI=1S/C29H30N6O/c1-18(19-8-3-2-4-9-19)32-29(36)22-12-7-11-21(16-22)28-34-25(26-27(30)31-14-15-35(26)28)24-17-20-10-5-6-13-23(20)33-24/h2-6,8-10,13-15,17-18,21-22,33H,7,11-12,16H2,1H3,(H2,30,31)(H,32,36)/t18-,21-,22-/m0/s1. The van der Waals surface area contributed by atoms with Gasteiger partial charge in [-0.2, -0.15) is 0 Å². The summed E-state index contributed by atoms with van der Waals surface area (Å²) in [6.07, 6.45) is 7.29. The van der Waals surface area contributed by atoms with E-state index in [0.29, 0.717) is 5.82 Å². The Balaban J connectivity index is 1.31. The van der Waals surface area contributed by atoms with Crippen molar-refractivity contribution in [2.75, 3.05) is 5.73 Å². The van der Waals surface area contributed by atoms with Crippen LogP contribution in [0.5, 0.6) is 0 Å². The average molecular weight is 479 g/mol. The highest BCUT2D eigenvalue weighted by Crippen LogP contribution is 2.39. The molecule has 0 aliphatic heterocycles. The number of hydrogen-bond acceptors (Lipinski definition) is 4. The van der Waals surface area contributed by atoms with E-state index < -0.39 is 0 Å². The number of rotatable bonds is 5. The zero-order chi connectivity index (χ0) is 24.6. The first kappa shape index (κ1) is 22.3. The third-order valence-corrected chi connectivity index (χ3v) is 7.46. The lowest BCUT2D eigenvalue weighted by atomic mass is 9.80. The summed E-state index contributed by atoms with van der Waals surface area (Å²) >= 11 is 0. The molecule has 0 bridgehead atoms. The molecule has 0 unspecified atom stereocenters. The fourth-order valence-corrected chi connectivity index (χ4v) is 5.58. The highest BCUT2D eigenvalue weighted by Gasteiger charge is 2.32. The first-order chi connectivity index (χ1) is 17.6. The van der Waals surface area contributed by atoms with Crippen LogP contribution in [0.3, 0.4) is 0 Å². The largest absolute Gasteiger partial charge is 0.382 e. The molecule has 0 radical (unpaired) electrons. The monoisotopic (exact) mass is 478 g/mol. The zero-order valence-corrected chi connectivity index (χ0v) is 20.3. The second kappa shape index (κ2) is 9.15. The molecule has 3 aromatic heterocycles. The molecular formula is C29H30N6O. The van der Waals surface area contributed by atoms with E-state index in [9.17, 15) is 4.79 Å². The molecule has 3 atom stereocenters. The van der Waals surface area contributed by atoms with E-state index in [-0.39, 0.29) is 23.8 Å². The number of carbonyl (C=O) groups excluding carboxylic acids is 1. The van der Waals surface area contributed by atoms with Gasteiger partial charge in [-0.25, -0.2) is 9.97 Å². The molecule has 36 heavy (non-hydrogen) atoms. The van der Waals surface area contributed by atoms with Crippen LogP contribution in [0.25, 0.3) is 27.8 Å². The molecule has 182 valence electrons. The van der Waals surface area contributed by atoms with E-state index in [0.717, 1.165) is 64.9 Å². The number of aromatic nitrogens is 4.